The van der Waals surface area contributed by atoms with Crippen molar-refractivity contribution in [3.8, 4) is 0 Å². The van der Waals surface area contributed by atoms with Crippen LogP contribution in [0.3, 0.4) is 0 Å². The van der Waals surface area contributed by atoms with E-state index in [4.69, 9.17) is 9.94 Å². The Kier molecular flexibility index (Phi) is 6.91. The van der Waals surface area contributed by atoms with Crippen LogP contribution in [0.15, 0.2) is 12.3 Å². The Morgan fingerprint density at radius 3 is 3.09 bits per heavy atom. The lowest BCUT2D eigenvalue weighted by Gasteiger charge is -2.33. The third-order valence-electron chi connectivity index (χ3n) is 3.95. The van der Waals surface area contributed by atoms with E-state index in [1.807, 2.05) is 13.8 Å². The zero-order valence-electron chi connectivity index (χ0n) is 13.8. The molecule has 2 aliphatic heterocycles. The average molecular weight is 322 g/mol. The number of aromatic nitrogens is 1. The number of rotatable bonds is 3. The van der Waals surface area contributed by atoms with Crippen molar-refractivity contribution in [2.75, 3.05) is 32.8 Å². The van der Waals surface area contributed by atoms with Gasteiger partial charge in [0.1, 0.15) is 0 Å². The molecule has 7 heteroatoms. The van der Waals surface area contributed by atoms with Crippen LogP contribution in [0.5, 0.6) is 0 Å². The Balaban J connectivity index is 0.000000924. The molecule has 128 valence electrons. The second-order valence-electron chi connectivity index (χ2n) is 5.45. The van der Waals surface area contributed by atoms with Crippen LogP contribution in [-0.4, -0.2) is 59.9 Å². The third kappa shape index (κ3) is 4.71. The van der Waals surface area contributed by atoms with Crippen LogP contribution in [0.25, 0.3) is 0 Å². The topological polar surface area (TPSA) is 86.7 Å². The number of carbonyl (C=O) groups is 1. The number of morpholine rings is 1. The van der Waals surface area contributed by atoms with E-state index in [9.17, 15) is 4.79 Å². The van der Waals surface area contributed by atoms with Crippen molar-refractivity contribution in [1.29, 1.82) is 0 Å². The lowest BCUT2D eigenvalue weighted by Crippen LogP contribution is -2.46. The number of amides is 1. The summed E-state index contributed by atoms with van der Waals surface area (Å²) in [6.07, 6.45) is 2.60. The molecule has 1 aromatic heterocycles. The van der Waals surface area contributed by atoms with Gasteiger partial charge in [-0.2, -0.15) is 0 Å². The average Bonchev–Trinajstić information content (AvgIpc) is 2.63. The zero-order chi connectivity index (χ0) is 16.7. The van der Waals surface area contributed by atoms with Gasteiger partial charge in [0.05, 0.1) is 18.3 Å². The van der Waals surface area contributed by atoms with Gasteiger partial charge >= 0.3 is 0 Å². The van der Waals surface area contributed by atoms with Crippen molar-refractivity contribution in [3.05, 3.63) is 29.1 Å². The van der Waals surface area contributed by atoms with Crippen LogP contribution in [0.2, 0.25) is 0 Å². The Labute approximate surface area is 137 Å². The SMILES string of the molecule is CC.O=C(NO)c1cnc2c(c1)CN(CC1CNCCO1)CC2. The normalized spacial score (nSPS) is 20.9. The van der Waals surface area contributed by atoms with Crippen molar-refractivity contribution in [1.82, 2.24) is 20.7 Å². The van der Waals surface area contributed by atoms with Crippen LogP contribution in [-0.2, 0) is 17.7 Å². The lowest BCUT2D eigenvalue weighted by molar-refractivity contribution is 0.00288. The largest absolute Gasteiger partial charge is 0.374 e. The van der Waals surface area contributed by atoms with E-state index >= 15 is 0 Å². The number of pyridine rings is 1. The molecule has 23 heavy (non-hydrogen) atoms. The first-order valence-corrected chi connectivity index (χ1v) is 8.23. The number of nitrogens with zero attached hydrogens (tertiary/aromatic N) is 2. The zero-order valence-corrected chi connectivity index (χ0v) is 13.8. The minimum atomic E-state index is -0.526. The highest BCUT2D eigenvalue weighted by atomic mass is 16.5. The molecule has 1 unspecified atom stereocenters. The highest BCUT2D eigenvalue weighted by Gasteiger charge is 2.23. The molecule has 3 rings (SSSR count). The third-order valence-corrected chi connectivity index (χ3v) is 3.95. The Hall–Kier alpha value is -1.54. The van der Waals surface area contributed by atoms with Crippen molar-refractivity contribution in [2.24, 2.45) is 0 Å². The maximum atomic E-state index is 11.5. The Morgan fingerprint density at radius 1 is 1.57 bits per heavy atom. The van der Waals surface area contributed by atoms with E-state index in [-0.39, 0.29) is 6.10 Å². The fraction of sp³-hybridized carbons (Fsp3) is 0.625. The summed E-state index contributed by atoms with van der Waals surface area (Å²) in [7, 11) is 0. The summed E-state index contributed by atoms with van der Waals surface area (Å²) >= 11 is 0. The summed E-state index contributed by atoms with van der Waals surface area (Å²) in [6, 6.07) is 1.81. The minimum absolute atomic E-state index is 0.220. The number of fused-ring (bicyclic) bond motifs is 1. The molecule has 1 fully saturated rings. The monoisotopic (exact) mass is 322 g/mol. The molecule has 0 saturated carbocycles. The van der Waals surface area contributed by atoms with Gasteiger partial charge in [0.2, 0.25) is 0 Å². The minimum Gasteiger partial charge on any atom is -0.374 e. The van der Waals surface area contributed by atoms with Gasteiger partial charge in [-0.05, 0) is 11.6 Å². The van der Waals surface area contributed by atoms with Crippen molar-refractivity contribution < 1.29 is 14.7 Å². The standard InChI is InChI=1S/C14H20N4O3.C2H6/c19-14(17-20)10-5-11-8-18(3-1-13(11)16-6-10)9-12-7-15-2-4-21-12;1-2/h5-6,12,15,20H,1-4,7-9H2,(H,17,19);1-2H3. The van der Waals surface area contributed by atoms with Crippen LogP contribution in [0, 0.1) is 0 Å². The van der Waals surface area contributed by atoms with Gasteiger partial charge in [0, 0.05) is 51.0 Å². The first-order valence-electron chi connectivity index (χ1n) is 8.23. The van der Waals surface area contributed by atoms with Gasteiger partial charge in [-0.3, -0.25) is 19.9 Å². The van der Waals surface area contributed by atoms with E-state index in [1.165, 1.54) is 6.20 Å². The molecule has 0 bridgehead atoms. The molecule has 0 spiro atoms. The van der Waals surface area contributed by atoms with Crippen LogP contribution in [0.4, 0.5) is 0 Å². The van der Waals surface area contributed by atoms with E-state index in [2.05, 4.69) is 15.2 Å². The first kappa shape index (κ1) is 17.8. The highest BCUT2D eigenvalue weighted by molar-refractivity contribution is 5.93. The van der Waals surface area contributed by atoms with Crippen LogP contribution in [0.1, 0.15) is 35.5 Å². The van der Waals surface area contributed by atoms with Gasteiger partial charge in [-0.1, -0.05) is 13.8 Å². The van der Waals surface area contributed by atoms with Gasteiger partial charge in [0.15, 0.2) is 0 Å². The number of hydroxylamine groups is 1. The predicted molar refractivity (Wildman–Crippen MR) is 86.4 cm³/mol. The molecule has 0 radical (unpaired) electrons. The molecule has 3 N–H and O–H groups in total. The quantitative estimate of drug-likeness (QED) is 0.557. The Bertz CT molecular complexity index is 518. The summed E-state index contributed by atoms with van der Waals surface area (Å²) in [5.74, 6) is -0.526. The fourth-order valence-corrected chi connectivity index (χ4v) is 2.85. The van der Waals surface area contributed by atoms with Gasteiger partial charge in [-0.15, -0.1) is 0 Å². The molecule has 3 heterocycles. The van der Waals surface area contributed by atoms with Gasteiger partial charge in [-0.25, -0.2) is 5.48 Å². The number of ether oxygens (including phenoxy) is 1. The smallest absolute Gasteiger partial charge is 0.276 e. The summed E-state index contributed by atoms with van der Waals surface area (Å²) in [6.45, 7) is 9.15. The molecule has 1 atom stereocenters. The number of carbonyl (C=O) groups excluding carboxylic acids is 1. The number of hydrogen-bond donors (Lipinski definition) is 3. The maximum absolute atomic E-state index is 11.5. The van der Waals surface area contributed by atoms with E-state index in [1.54, 1.807) is 11.5 Å². The molecule has 1 saturated heterocycles. The summed E-state index contributed by atoms with van der Waals surface area (Å²) < 4.78 is 5.73. The summed E-state index contributed by atoms with van der Waals surface area (Å²) in [4.78, 5) is 18.1. The summed E-state index contributed by atoms with van der Waals surface area (Å²) in [5, 5.41) is 12.0. The van der Waals surface area contributed by atoms with Crippen LogP contribution >= 0.6 is 0 Å². The van der Waals surface area contributed by atoms with Crippen LogP contribution < -0.4 is 10.8 Å². The highest BCUT2D eigenvalue weighted by Crippen LogP contribution is 2.19. The van der Waals surface area contributed by atoms with E-state index in [0.717, 1.165) is 57.0 Å². The second kappa shape index (κ2) is 8.93. The molecule has 0 aliphatic carbocycles. The van der Waals surface area contributed by atoms with Gasteiger partial charge < -0.3 is 10.1 Å². The second-order valence-corrected chi connectivity index (χ2v) is 5.45. The van der Waals surface area contributed by atoms with E-state index < -0.39 is 5.91 Å². The molecule has 7 nitrogen and oxygen atoms in total. The summed E-state index contributed by atoms with van der Waals surface area (Å²) in [5.41, 5.74) is 4.11. The molecule has 2 aliphatic rings. The molecular formula is C16H26N4O3. The first-order chi connectivity index (χ1) is 11.3. The molecular weight excluding hydrogens is 296 g/mol. The fourth-order valence-electron chi connectivity index (χ4n) is 2.85. The number of hydrogen-bond acceptors (Lipinski definition) is 6. The molecule has 1 amide bonds. The Morgan fingerprint density at radius 2 is 2.39 bits per heavy atom. The van der Waals surface area contributed by atoms with Crippen molar-refractivity contribution in [2.45, 2.75) is 32.9 Å². The van der Waals surface area contributed by atoms with E-state index in [0.29, 0.717) is 5.56 Å². The predicted octanol–water partition coefficient (Wildman–Crippen LogP) is 0.573. The molecule has 0 aromatic carbocycles. The van der Waals surface area contributed by atoms with Crippen molar-refractivity contribution >= 4 is 5.91 Å². The van der Waals surface area contributed by atoms with Crippen molar-refractivity contribution in [3.63, 3.8) is 0 Å². The lowest BCUT2D eigenvalue weighted by atomic mass is 10.0. The van der Waals surface area contributed by atoms with Gasteiger partial charge in [0.25, 0.3) is 5.91 Å². The molecule has 1 aromatic rings. The maximum Gasteiger partial charge on any atom is 0.276 e. The number of nitrogens with one attached hydrogen (secondary N) is 2.